The lowest BCUT2D eigenvalue weighted by Crippen LogP contribution is -2.33. The van der Waals surface area contributed by atoms with Crippen LogP contribution in [-0.2, 0) is 18.3 Å². The first-order valence-corrected chi connectivity index (χ1v) is 9.01. The first-order valence-electron chi connectivity index (χ1n) is 7.51. The monoisotopic (exact) mass is 387 g/mol. The molecule has 1 fully saturated rings. The van der Waals surface area contributed by atoms with Crippen molar-refractivity contribution < 1.29 is 33.5 Å². The van der Waals surface area contributed by atoms with Crippen LogP contribution in [0.25, 0.3) is 11.2 Å². The topological polar surface area (TPSA) is 175 Å². The SMILES string of the molecule is C=CCOP(=O)(O)OC[C@H]1O[C@@H](n2cnc3c(N)ncnc32)[C@H](O)[C@@H]1O. The van der Waals surface area contributed by atoms with Gasteiger partial charge in [-0.05, 0) is 0 Å². The first-order chi connectivity index (χ1) is 12.3. The Labute approximate surface area is 147 Å². The minimum absolute atomic E-state index is 0.155. The molecule has 5 atom stereocenters. The molecule has 0 saturated carbocycles. The molecule has 1 aliphatic rings. The molecule has 0 spiro atoms. The van der Waals surface area contributed by atoms with E-state index in [1.54, 1.807) is 0 Å². The third-order valence-corrected chi connectivity index (χ3v) is 4.71. The highest BCUT2D eigenvalue weighted by molar-refractivity contribution is 7.47. The van der Waals surface area contributed by atoms with E-state index in [1.807, 2.05) is 0 Å². The fourth-order valence-corrected chi connectivity index (χ4v) is 3.21. The van der Waals surface area contributed by atoms with Crippen molar-refractivity contribution in [3.8, 4) is 0 Å². The standard InChI is InChI=1S/C13H18N5O7P/c1-2-3-23-26(21,22)24-4-7-9(19)10(20)13(25-7)18-6-17-8-11(14)15-5-16-12(8)18/h2,5-7,9-10,13,19-20H,1,3-4H2,(H,21,22)(H2,14,15,16)/t7-,9-,10-,13-/m1/s1. The van der Waals surface area contributed by atoms with Gasteiger partial charge < -0.3 is 25.6 Å². The number of phosphoric ester groups is 1. The molecule has 142 valence electrons. The van der Waals surface area contributed by atoms with Crippen LogP contribution in [0.4, 0.5) is 5.82 Å². The van der Waals surface area contributed by atoms with E-state index in [9.17, 15) is 19.7 Å². The summed E-state index contributed by atoms with van der Waals surface area (Å²) in [6, 6.07) is 0. The number of imidazole rings is 1. The van der Waals surface area contributed by atoms with Gasteiger partial charge in [-0.15, -0.1) is 6.58 Å². The number of nitrogens with two attached hydrogens (primary N) is 1. The molecule has 5 N–H and O–H groups in total. The number of fused-ring (bicyclic) bond motifs is 1. The number of hydrogen-bond donors (Lipinski definition) is 4. The van der Waals surface area contributed by atoms with Crippen LogP contribution < -0.4 is 5.73 Å². The summed E-state index contributed by atoms with van der Waals surface area (Å²) >= 11 is 0. The van der Waals surface area contributed by atoms with Crippen molar-refractivity contribution in [1.29, 1.82) is 0 Å². The zero-order valence-electron chi connectivity index (χ0n) is 13.5. The van der Waals surface area contributed by atoms with Gasteiger partial charge >= 0.3 is 7.82 Å². The smallest absolute Gasteiger partial charge is 0.387 e. The summed E-state index contributed by atoms with van der Waals surface area (Å²) in [6.07, 6.45) is -1.02. The third kappa shape index (κ3) is 3.62. The first kappa shape index (κ1) is 18.9. The van der Waals surface area contributed by atoms with Crippen LogP contribution in [0.15, 0.2) is 25.3 Å². The average molecular weight is 387 g/mol. The molecule has 1 saturated heterocycles. The minimum Gasteiger partial charge on any atom is -0.387 e. The van der Waals surface area contributed by atoms with Gasteiger partial charge in [-0.1, -0.05) is 6.08 Å². The van der Waals surface area contributed by atoms with Crippen molar-refractivity contribution in [2.75, 3.05) is 18.9 Å². The van der Waals surface area contributed by atoms with Crippen molar-refractivity contribution >= 4 is 24.8 Å². The molecule has 2 aromatic heterocycles. The minimum atomic E-state index is -4.33. The maximum absolute atomic E-state index is 11.7. The summed E-state index contributed by atoms with van der Waals surface area (Å²) in [6.45, 7) is 2.69. The van der Waals surface area contributed by atoms with Gasteiger partial charge in [0.05, 0.1) is 19.5 Å². The fraction of sp³-hybridized carbons (Fsp3) is 0.462. The molecule has 0 bridgehead atoms. The molecule has 26 heavy (non-hydrogen) atoms. The number of ether oxygens (including phenoxy) is 1. The second kappa shape index (κ2) is 7.37. The number of aromatic nitrogens is 4. The second-order valence-electron chi connectivity index (χ2n) is 5.48. The number of phosphoric acid groups is 1. The maximum atomic E-state index is 11.7. The van der Waals surface area contributed by atoms with Gasteiger partial charge in [-0.25, -0.2) is 19.5 Å². The van der Waals surface area contributed by atoms with E-state index in [4.69, 9.17) is 15.0 Å². The fourth-order valence-electron chi connectivity index (χ4n) is 2.50. The van der Waals surface area contributed by atoms with Crippen LogP contribution in [0.5, 0.6) is 0 Å². The van der Waals surface area contributed by atoms with Gasteiger partial charge in [0.1, 0.15) is 30.2 Å². The number of aliphatic hydroxyl groups excluding tert-OH is 2. The van der Waals surface area contributed by atoms with E-state index < -0.39 is 39.0 Å². The highest BCUT2D eigenvalue weighted by Crippen LogP contribution is 2.44. The van der Waals surface area contributed by atoms with Crippen molar-refractivity contribution in [3.63, 3.8) is 0 Å². The van der Waals surface area contributed by atoms with Gasteiger partial charge in [-0.2, -0.15) is 0 Å². The Hall–Kier alpha value is -1.92. The molecular formula is C13H18N5O7P. The molecule has 13 heteroatoms. The second-order valence-corrected chi connectivity index (χ2v) is 6.93. The van der Waals surface area contributed by atoms with Crippen molar-refractivity contribution in [2.24, 2.45) is 0 Å². The van der Waals surface area contributed by atoms with Crippen LogP contribution in [0.2, 0.25) is 0 Å². The van der Waals surface area contributed by atoms with Crippen LogP contribution >= 0.6 is 7.82 Å². The molecule has 1 aliphatic heterocycles. The summed E-state index contributed by atoms with van der Waals surface area (Å²) in [4.78, 5) is 21.4. The number of rotatable bonds is 7. The molecular weight excluding hydrogens is 369 g/mol. The van der Waals surface area contributed by atoms with Crippen LogP contribution in [0, 0.1) is 0 Å². The predicted octanol–water partition coefficient (Wildman–Crippen LogP) is -0.653. The molecule has 3 heterocycles. The highest BCUT2D eigenvalue weighted by atomic mass is 31.2. The lowest BCUT2D eigenvalue weighted by atomic mass is 10.1. The zero-order chi connectivity index (χ0) is 18.9. The third-order valence-electron chi connectivity index (χ3n) is 3.76. The lowest BCUT2D eigenvalue weighted by molar-refractivity contribution is -0.0511. The van der Waals surface area contributed by atoms with Gasteiger partial charge in [-0.3, -0.25) is 13.6 Å². The number of aliphatic hydroxyl groups is 2. The molecule has 2 aromatic rings. The van der Waals surface area contributed by atoms with Crippen molar-refractivity contribution in [2.45, 2.75) is 24.5 Å². The van der Waals surface area contributed by atoms with E-state index in [2.05, 4.69) is 26.1 Å². The quantitative estimate of drug-likeness (QED) is 0.351. The normalized spacial score (nSPS) is 28.3. The maximum Gasteiger partial charge on any atom is 0.472 e. The zero-order valence-corrected chi connectivity index (χ0v) is 14.3. The Bertz CT molecular complexity index is 845. The number of nitrogens with zero attached hydrogens (tertiary/aromatic N) is 4. The molecule has 0 aromatic carbocycles. The van der Waals surface area contributed by atoms with E-state index in [1.165, 1.54) is 23.3 Å². The van der Waals surface area contributed by atoms with Gasteiger partial charge in [0.25, 0.3) is 0 Å². The Morgan fingerprint density at radius 3 is 2.85 bits per heavy atom. The van der Waals surface area contributed by atoms with Crippen molar-refractivity contribution in [1.82, 2.24) is 19.5 Å². The molecule has 0 radical (unpaired) electrons. The van der Waals surface area contributed by atoms with Crippen molar-refractivity contribution in [3.05, 3.63) is 25.3 Å². The lowest BCUT2D eigenvalue weighted by Gasteiger charge is -2.17. The summed E-state index contributed by atoms with van der Waals surface area (Å²) in [5, 5.41) is 20.4. The summed E-state index contributed by atoms with van der Waals surface area (Å²) < 4.78 is 28.0. The van der Waals surface area contributed by atoms with Crippen LogP contribution in [-0.4, -0.2) is 66.2 Å². The van der Waals surface area contributed by atoms with Crippen LogP contribution in [0.1, 0.15) is 6.23 Å². The largest absolute Gasteiger partial charge is 0.472 e. The predicted molar refractivity (Wildman–Crippen MR) is 87.6 cm³/mol. The molecule has 3 rings (SSSR count). The number of hydrogen-bond acceptors (Lipinski definition) is 10. The van der Waals surface area contributed by atoms with E-state index in [-0.39, 0.29) is 12.4 Å². The van der Waals surface area contributed by atoms with Gasteiger partial charge in [0.2, 0.25) is 0 Å². The van der Waals surface area contributed by atoms with Crippen LogP contribution in [0.3, 0.4) is 0 Å². The number of nitrogen functional groups attached to an aromatic ring is 1. The summed E-state index contributed by atoms with van der Waals surface area (Å²) in [5.74, 6) is 0.155. The Morgan fingerprint density at radius 1 is 1.35 bits per heavy atom. The van der Waals surface area contributed by atoms with Gasteiger partial charge in [0, 0.05) is 0 Å². The molecule has 12 nitrogen and oxygen atoms in total. The highest BCUT2D eigenvalue weighted by Gasteiger charge is 2.45. The number of anilines is 1. The Morgan fingerprint density at radius 2 is 2.12 bits per heavy atom. The Kier molecular flexibility index (Phi) is 5.34. The summed E-state index contributed by atoms with van der Waals surface area (Å²) in [5.41, 5.74) is 6.33. The Balaban J connectivity index is 1.74. The average Bonchev–Trinajstić information content (AvgIpc) is 3.15. The molecule has 0 amide bonds. The van der Waals surface area contributed by atoms with E-state index in [0.717, 1.165) is 0 Å². The molecule has 0 aliphatic carbocycles. The van der Waals surface area contributed by atoms with E-state index in [0.29, 0.717) is 11.2 Å². The molecule has 1 unspecified atom stereocenters. The summed E-state index contributed by atoms with van der Waals surface area (Å²) in [7, 11) is -4.33. The van der Waals surface area contributed by atoms with Gasteiger partial charge in [0.15, 0.2) is 17.7 Å². The van der Waals surface area contributed by atoms with E-state index >= 15 is 0 Å².